The van der Waals surface area contributed by atoms with E-state index in [1.165, 1.54) is 19.3 Å². The molecule has 4 nitrogen and oxygen atoms in total. The van der Waals surface area contributed by atoms with Gasteiger partial charge in [0, 0.05) is 11.7 Å². The molecule has 0 spiro atoms. The van der Waals surface area contributed by atoms with Crippen molar-refractivity contribution in [2.45, 2.75) is 58.9 Å². The molecule has 0 bridgehead atoms. The molecule has 1 amide bonds. The zero-order chi connectivity index (χ0) is 13.8. The molecule has 1 saturated carbocycles. The molecule has 1 aromatic heterocycles. The Labute approximate surface area is 115 Å². The standard InChI is InChI=1S/C15H25N3O/c1-10(2)8-12-9-14(18-17-12)15(19)16-13-7-5-4-6-11(13)3/h9-11,13H,4-8H2,1-3H3,(H,16,19)(H,17,18). The van der Waals surface area contributed by atoms with E-state index in [1.807, 2.05) is 6.07 Å². The van der Waals surface area contributed by atoms with Crippen LogP contribution in [0.3, 0.4) is 0 Å². The topological polar surface area (TPSA) is 57.8 Å². The average molecular weight is 263 g/mol. The van der Waals surface area contributed by atoms with Gasteiger partial charge >= 0.3 is 0 Å². The molecule has 2 N–H and O–H groups in total. The van der Waals surface area contributed by atoms with Crippen molar-refractivity contribution in [1.82, 2.24) is 15.5 Å². The number of aromatic amines is 1. The van der Waals surface area contributed by atoms with Crippen molar-refractivity contribution in [1.29, 1.82) is 0 Å². The molecule has 2 rings (SSSR count). The summed E-state index contributed by atoms with van der Waals surface area (Å²) < 4.78 is 0. The Balaban J connectivity index is 1.93. The van der Waals surface area contributed by atoms with Gasteiger partial charge in [-0.25, -0.2) is 0 Å². The van der Waals surface area contributed by atoms with Crippen molar-refractivity contribution in [3.8, 4) is 0 Å². The molecule has 2 atom stereocenters. The normalized spacial score (nSPS) is 23.6. The first-order valence-corrected chi connectivity index (χ1v) is 7.41. The van der Waals surface area contributed by atoms with Crippen molar-refractivity contribution in [2.24, 2.45) is 11.8 Å². The first-order chi connectivity index (χ1) is 9.06. The van der Waals surface area contributed by atoms with Crippen LogP contribution in [-0.2, 0) is 6.42 Å². The summed E-state index contributed by atoms with van der Waals surface area (Å²) in [5.74, 6) is 1.10. The molecule has 2 unspecified atom stereocenters. The second-order valence-corrected chi connectivity index (χ2v) is 6.22. The van der Waals surface area contributed by atoms with E-state index in [2.05, 4.69) is 36.3 Å². The fourth-order valence-electron chi connectivity index (χ4n) is 2.80. The van der Waals surface area contributed by atoms with E-state index in [0.29, 0.717) is 23.6 Å². The van der Waals surface area contributed by atoms with Crippen LogP contribution in [0.1, 0.15) is 62.6 Å². The van der Waals surface area contributed by atoms with Gasteiger partial charge in [0.1, 0.15) is 5.69 Å². The quantitative estimate of drug-likeness (QED) is 0.877. The van der Waals surface area contributed by atoms with Crippen LogP contribution in [0.4, 0.5) is 0 Å². The number of nitrogens with zero attached hydrogens (tertiary/aromatic N) is 1. The number of hydrogen-bond acceptors (Lipinski definition) is 2. The number of carbonyl (C=O) groups excluding carboxylic acids is 1. The summed E-state index contributed by atoms with van der Waals surface area (Å²) in [5, 5.41) is 10.2. The summed E-state index contributed by atoms with van der Waals surface area (Å²) >= 11 is 0. The van der Waals surface area contributed by atoms with Gasteiger partial charge in [-0.1, -0.05) is 33.6 Å². The number of nitrogens with one attached hydrogen (secondary N) is 2. The Bertz CT molecular complexity index is 425. The molecular formula is C15H25N3O. The molecule has 4 heteroatoms. The minimum absolute atomic E-state index is 0.0370. The predicted molar refractivity (Wildman–Crippen MR) is 76.0 cm³/mol. The Kier molecular flexibility index (Phi) is 4.61. The van der Waals surface area contributed by atoms with Gasteiger partial charge in [-0.15, -0.1) is 0 Å². The molecule has 0 saturated heterocycles. The first-order valence-electron chi connectivity index (χ1n) is 7.41. The van der Waals surface area contributed by atoms with E-state index in [1.54, 1.807) is 0 Å². The third-order valence-corrected chi connectivity index (χ3v) is 3.92. The predicted octanol–water partition coefficient (Wildman–Crippen LogP) is 2.92. The van der Waals surface area contributed by atoms with Crippen LogP contribution in [0.5, 0.6) is 0 Å². The molecule has 1 aliphatic carbocycles. The molecule has 1 heterocycles. The maximum atomic E-state index is 12.2. The van der Waals surface area contributed by atoms with E-state index in [4.69, 9.17) is 0 Å². The van der Waals surface area contributed by atoms with Gasteiger partial charge in [-0.3, -0.25) is 9.89 Å². The number of hydrogen-bond donors (Lipinski definition) is 2. The van der Waals surface area contributed by atoms with E-state index in [0.717, 1.165) is 18.5 Å². The smallest absolute Gasteiger partial charge is 0.272 e. The van der Waals surface area contributed by atoms with Gasteiger partial charge in [-0.05, 0) is 37.2 Å². The van der Waals surface area contributed by atoms with Gasteiger partial charge in [0.25, 0.3) is 5.91 Å². The maximum Gasteiger partial charge on any atom is 0.272 e. The van der Waals surface area contributed by atoms with Crippen LogP contribution < -0.4 is 5.32 Å². The molecule has 106 valence electrons. The number of rotatable bonds is 4. The fourth-order valence-corrected chi connectivity index (χ4v) is 2.80. The molecule has 1 aromatic rings. The third kappa shape index (κ3) is 3.82. The Morgan fingerprint density at radius 1 is 1.47 bits per heavy atom. The largest absolute Gasteiger partial charge is 0.348 e. The van der Waals surface area contributed by atoms with Crippen LogP contribution >= 0.6 is 0 Å². The Morgan fingerprint density at radius 2 is 2.21 bits per heavy atom. The molecular weight excluding hydrogens is 238 g/mol. The SMILES string of the molecule is CC(C)Cc1cc(C(=O)NC2CCCCC2C)n[nH]1. The molecule has 0 aromatic carbocycles. The third-order valence-electron chi connectivity index (χ3n) is 3.92. The van der Waals surface area contributed by atoms with Gasteiger partial charge in [0.15, 0.2) is 0 Å². The summed E-state index contributed by atoms with van der Waals surface area (Å²) in [7, 11) is 0. The second-order valence-electron chi connectivity index (χ2n) is 6.22. The molecule has 1 fully saturated rings. The van der Waals surface area contributed by atoms with Gasteiger partial charge in [0.05, 0.1) is 0 Å². The number of H-pyrrole nitrogens is 1. The Hall–Kier alpha value is -1.32. The monoisotopic (exact) mass is 263 g/mol. The Morgan fingerprint density at radius 3 is 2.89 bits per heavy atom. The van der Waals surface area contributed by atoms with Crippen molar-refractivity contribution in [3.63, 3.8) is 0 Å². The summed E-state index contributed by atoms with van der Waals surface area (Å²) in [6.07, 6.45) is 5.74. The highest BCUT2D eigenvalue weighted by molar-refractivity contribution is 5.92. The molecule has 0 radical (unpaired) electrons. The summed E-state index contributed by atoms with van der Waals surface area (Å²) in [5.41, 5.74) is 1.56. The van der Waals surface area contributed by atoms with Gasteiger partial charge in [0.2, 0.25) is 0 Å². The molecule has 1 aliphatic rings. The van der Waals surface area contributed by atoms with Crippen molar-refractivity contribution in [3.05, 3.63) is 17.5 Å². The number of carbonyl (C=O) groups is 1. The lowest BCUT2D eigenvalue weighted by atomic mass is 9.86. The van der Waals surface area contributed by atoms with Crippen molar-refractivity contribution < 1.29 is 4.79 Å². The first kappa shape index (κ1) is 14.1. The van der Waals surface area contributed by atoms with E-state index in [9.17, 15) is 4.79 Å². The highest BCUT2D eigenvalue weighted by Gasteiger charge is 2.24. The lowest BCUT2D eigenvalue weighted by Gasteiger charge is -2.29. The van der Waals surface area contributed by atoms with Crippen LogP contribution in [0.25, 0.3) is 0 Å². The highest BCUT2D eigenvalue weighted by Crippen LogP contribution is 2.23. The maximum absolute atomic E-state index is 12.2. The molecule has 0 aliphatic heterocycles. The lowest BCUT2D eigenvalue weighted by molar-refractivity contribution is 0.0905. The minimum Gasteiger partial charge on any atom is -0.348 e. The zero-order valence-electron chi connectivity index (χ0n) is 12.2. The zero-order valence-corrected chi connectivity index (χ0v) is 12.2. The van der Waals surface area contributed by atoms with Gasteiger partial charge in [-0.2, -0.15) is 5.10 Å². The van der Waals surface area contributed by atoms with Crippen LogP contribution in [0.2, 0.25) is 0 Å². The second kappa shape index (κ2) is 6.22. The molecule has 19 heavy (non-hydrogen) atoms. The van der Waals surface area contributed by atoms with E-state index < -0.39 is 0 Å². The highest BCUT2D eigenvalue weighted by atomic mass is 16.2. The van der Waals surface area contributed by atoms with Crippen LogP contribution in [-0.4, -0.2) is 22.1 Å². The van der Waals surface area contributed by atoms with Crippen molar-refractivity contribution >= 4 is 5.91 Å². The fraction of sp³-hybridized carbons (Fsp3) is 0.733. The van der Waals surface area contributed by atoms with Crippen LogP contribution in [0, 0.1) is 11.8 Å². The minimum atomic E-state index is -0.0370. The lowest BCUT2D eigenvalue weighted by Crippen LogP contribution is -2.41. The number of amides is 1. The summed E-state index contributed by atoms with van der Waals surface area (Å²) in [6.45, 7) is 6.54. The number of aromatic nitrogens is 2. The van der Waals surface area contributed by atoms with E-state index in [-0.39, 0.29) is 5.91 Å². The van der Waals surface area contributed by atoms with Crippen LogP contribution in [0.15, 0.2) is 6.07 Å². The summed E-state index contributed by atoms with van der Waals surface area (Å²) in [6, 6.07) is 2.19. The van der Waals surface area contributed by atoms with Crippen molar-refractivity contribution in [2.75, 3.05) is 0 Å². The summed E-state index contributed by atoms with van der Waals surface area (Å²) in [4.78, 5) is 12.2. The van der Waals surface area contributed by atoms with E-state index >= 15 is 0 Å². The van der Waals surface area contributed by atoms with Gasteiger partial charge < -0.3 is 5.32 Å². The average Bonchev–Trinajstić information content (AvgIpc) is 2.79.